The molecule has 190 valence electrons. The minimum Gasteiger partial charge on any atom is -0.475 e. The number of hydrogen-bond acceptors (Lipinski definition) is 7. The third-order valence-corrected chi connectivity index (χ3v) is 6.36. The lowest BCUT2D eigenvalue weighted by molar-refractivity contribution is -0.196. The molecule has 4 rings (SSSR count). The van der Waals surface area contributed by atoms with Gasteiger partial charge in [-0.05, 0) is 39.4 Å². The van der Waals surface area contributed by atoms with Crippen LogP contribution < -0.4 is 4.74 Å². The Morgan fingerprint density at radius 3 is 2.44 bits per heavy atom. The van der Waals surface area contributed by atoms with Crippen LogP contribution in [-0.4, -0.2) is 94.0 Å². The number of halogens is 3. The van der Waals surface area contributed by atoms with Crippen LogP contribution in [0.5, 0.6) is 5.88 Å². The lowest BCUT2D eigenvalue weighted by Gasteiger charge is -2.53. The molecule has 3 saturated heterocycles. The molecule has 3 aliphatic heterocycles. The number of carbonyl (C=O) groups excluding carboxylic acids is 1. The van der Waals surface area contributed by atoms with E-state index in [2.05, 4.69) is 21.8 Å². The zero-order valence-corrected chi connectivity index (χ0v) is 19.4. The Balaban J connectivity index is 0.000000406. The van der Waals surface area contributed by atoms with Crippen molar-refractivity contribution in [3.8, 4) is 5.88 Å². The second kappa shape index (κ2) is 10.9. The Morgan fingerprint density at radius 2 is 1.88 bits per heavy atom. The lowest BCUT2D eigenvalue weighted by Crippen LogP contribution is -2.68. The number of ether oxygens (including phenoxy) is 2. The summed E-state index contributed by atoms with van der Waals surface area (Å²) in [6.45, 7) is 9.30. The molecule has 1 atom stereocenters. The van der Waals surface area contributed by atoms with E-state index in [0.717, 1.165) is 51.0 Å². The number of hydrogen-bond donors (Lipinski definition) is 1. The predicted molar refractivity (Wildman–Crippen MR) is 114 cm³/mol. The quantitative estimate of drug-likeness (QED) is 0.689. The van der Waals surface area contributed by atoms with E-state index < -0.39 is 12.1 Å². The number of rotatable bonds is 4. The number of amides is 1. The van der Waals surface area contributed by atoms with Crippen LogP contribution in [0.3, 0.4) is 0 Å². The standard InChI is InChI=1S/C20H30N4O3.C2HF3O2/c1-3-23-7-4-16(5-8-23)19(25)24-13-20(14-24)10-17(6-9-26-20)27-18-12-21-11-15(2)22-18;3-2(4,5)1(6)7/h11-12,16-17H,3-10,13-14H2,1-2H3;(H,6,7). The maximum Gasteiger partial charge on any atom is 0.490 e. The Hall–Kier alpha value is -2.47. The summed E-state index contributed by atoms with van der Waals surface area (Å²) < 4.78 is 43.9. The molecule has 3 fully saturated rings. The van der Waals surface area contributed by atoms with E-state index in [4.69, 9.17) is 19.4 Å². The molecule has 34 heavy (non-hydrogen) atoms. The van der Waals surface area contributed by atoms with Crippen LogP contribution in [0, 0.1) is 12.8 Å². The first-order chi connectivity index (χ1) is 16.0. The average molecular weight is 489 g/mol. The number of piperidine rings is 1. The molecule has 0 radical (unpaired) electrons. The average Bonchev–Trinajstić information content (AvgIpc) is 2.77. The smallest absolute Gasteiger partial charge is 0.475 e. The maximum absolute atomic E-state index is 12.8. The predicted octanol–water partition coefficient (Wildman–Crippen LogP) is 2.29. The molecule has 1 spiro atoms. The Bertz CT molecular complexity index is 855. The molecule has 9 nitrogen and oxygen atoms in total. The second-order valence-electron chi connectivity index (χ2n) is 8.97. The van der Waals surface area contributed by atoms with Crippen molar-refractivity contribution in [1.29, 1.82) is 0 Å². The minimum absolute atomic E-state index is 0.0693. The van der Waals surface area contributed by atoms with E-state index in [1.54, 1.807) is 12.4 Å². The SMILES string of the molecule is CCN1CCC(C(=O)N2CC3(CC(Oc4cncc(C)n4)CCO3)C2)CC1.O=C(O)C(F)(F)F. The molecular weight excluding hydrogens is 457 g/mol. The van der Waals surface area contributed by atoms with Crippen LogP contribution in [-0.2, 0) is 14.3 Å². The first kappa shape index (κ1) is 26.1. The summed E-state index contributed by atoms with van der Waals surface area (Å²) in [4.78, 5) is 34.6. The van der Waals surface area contributed by atoms with Crippen molar-refractivity contribution in [2.75, 3.05) is 39.3 Å². The summed E-state index contributed by atoms with van der Waals surface area (Å²) in [5.74, 6) is -1.68. The van der Waals surface area contributed by atoms with Crippen LogP contribution in [0.2, 0.25) is 0 Å². The lowest BCUT2D eigenvalue weighted by atomic mass is 9.83. The summed E-state index contributed by atoms with van der Waals surface area (Å²) in [6, 6.07) is 0. The van der Waals surface area contributed by atoms with Crippen LogP contribution >= 0.6 is 0 Å². The summed E-state index contributed by atoms with van der Waals surface area (Å²) in [5.41, 5.74) is 0.615. The minimum atomic E-state index is -5.08. The fraction of sp³-hybridized carbons (Fsp3) is 0.727. The number of carbonyl (C=O) groups is 2. The third kappa shape index (κ3) is 6.78. The van der Waals surface area contributed by atoms with E-state index >= 15 is 0 Å². The van der Waals surface area contributed by atoms with Crippen LogP contribution in [0.1, 0.15) is 38.3 Å². The highest BCUT2D eigenvalue weighted by Crippen LogP contribution is 2.37. The Labute approximate surface area is 196 Å². The second-order valence-corrected chi connectivity index (χ2v) is 8.97. The summed E-state index contributed by atoms with van der Waals surface area (Å²) in [5, 5.41) is 7.12. The van der Waals surface area contributed by atoms with Gasteiger partial charge in [0.15, 0.2) is 0 Å². The Morgan fingerprint density at radius 1 is 1.24 bits per heavy atom. The van der Waals surface area contributed by atoms with Gasteiger partial charge in [0.1, 0.15) is 11.7 Å². The van der Waals surface area contributed by atoms with Crippen molar-refractivity contribution in [3.63, 3.8) is 0 Å². The normalized spacial score (nSPS) is 23.0. The molecule has 0 aromatic carbocycles. The first-order valence-electron chi connectivity index (χ1n) is 11.4. The van der Waals surface area contributed by atoms with Gasteiger partial charge in [-0.1, -0.05) is 6.92 Å². The van der Waals surface area contributed by atoms with Crippen molar-refractivity contribution in [2.45, 2.75) is 57.4 Å². The van der Waals surface area contributed by atoms with Gasteiger partial charge in [-0.3, -0.25) is 9.78 Å². The summed E-state index contributed by atoms with van der Waals surface area (Å²) >= 11 is 0. The number of alkyl halides is 3. The zero-order chi connectivity index (χ0) is 24.9. The van der Waals surface area contributed by atoms with Gasteiger partial charge in [0.2, 0.25) is 11.8 Å². The molecule has 12 heteroatoms. The highest BCUT2D eigenvalue weighted by molar-refractivity contribution is 5.80. The van der Waals surface area contributed by atoms with Crippen molar-refractivity contribution >= 4 is 11.9 Å². The number of nitrogens with zero attached hydrogens (tertiary/aromatic N) is 4. The molecule has 0 aliphatic carbocycles. The van der Waals surface area contributed by atoms with Crippen molar-refractivity contribution in [3.05, 3.63) is 18.1 Å². The highest BCUT2D eigenvalue weighted by Gasteiger charge is 2.51. The molecule has 1 amide bonds. The summed E-state index contributed by atoms with van der Waals surface area (Å²) in [6.07, 6.45) is 1.98. The molecule has 1 N–H and O–H groups in total. The largest absolute Gasteiger partial charge is 0.490 e. The topological polar surface area (TPSA) is 105 Å². The van der Waals surface area contributed by atoms with E-state index in [-0.39, 0.29) is 17.6 Å². The number of aryl methyl sites for hydroxylation is 1. The van der Waals surface area contributed by atoms with Crippen molar-refractivity contribution in [2.24, 2.45) is 5.92 Å². The number of carboxylic acids is 1. The fourth-order valence-corrected chi connectivity index (χ4v) is 4.53. The summed E-state index contributed by atoms with van der Waals surface area (Å²) in [7, 11) is 0. The number of likely N-dealkylation sites (tertiary alicyclic amines) is 2. The van der Waals surface area contributed by atoms with E-state index in [0.29, 0.717) is 31.5 Å². The van der Waals surface area contributed by atoms with Gasteiger partial charge in [-0.2, -0.15) is 13.2 Å². The van der Waals surface area contributed by atoms with Gasteiger partial charge in [0, 0.05) is 25.0 Å². The highest BCUT2D eigenvalue weighted by atomic mass is 19.4. The molecular formula is C22H31F3N4O5. The van der Waals surface area contributed by atoms with Crippen LogP contribution in [0.4, 0.5) is 13.2 Å². The number of aromatic nitrogens is 2. The van der Waals surface area contributed by atoms with Crippen LogP contribution in [0.25, 0.3) is 0 Å². The number of carboxylic acid groups (broad SMARTS) is 1. The van der Waals surface area contributed by atoms with Gasteiger partial charge in [0.05, 0.1) is 31.6 Å². The molecule has 3 aliphatic rings. The fourth-order valence-electron chi connectivity index (χ4n) is 4.53. The molecule has 0 bridgehead atoms. The molecule has 1 unspecified atom stereocenters. The monoisotopic (exact) mass is 488 g/mol. The van der Waals surface area contributed by atoms with Gasteiger partial charge in [-0.15, -0.1) is 0 Å². The van der Waals surface area contributed by atoms with Gasteiger partial charge >= 0.3 is 12.1 Å². The van der Waals surface area contributed by atoms with Crippen LogP contribution in [0.15, 0.2) is 12.4 Å². The number of aliphatic carboxylic acids is 1. The molecule has 0 saturated carbocycles. The van der Waals surface area contributed by atoms with E-state index in [1.165, 1.54) is 0 Å². The van der Waals surface area contributed by atoms with Gasteiger partial charge in [-0.25, -0.2) is 9.78 Å². The third-order valence-electron chi connectivity index (χ3n) is 6.36. The molecule has 1 aromatic rings. The maximum atomic E-state index is 12.8. The van der Waals surface area contributed by atoms with E-state index in [1.807, 2.05) is 11.8 Å². The zero-order valence-electron chi connectivity index (χ0n) is 19.4. The van der Waals surface area contributed by atoms with Crippen molar-refractivity contribution in [1.82, 2.24) is 19.8 Å². The van der Waals surface area contributed by atoms with Gasteiger partial charge < -0.3 is 24.4 Å². The first-order valence-corrected chi connectivity index (χ1v) is 11.4. The van der Waals surface area contributed by atoms with Crippen molar-refractivity contribution < 1.29 is 37.3 Å². The van der Waals surface area contributed by atoms with E-state index in [9.17, 15) is 18.0 Å². The van der Waals surface area contributed by atoms with Gasteiger partial charge in [0.25, 0.3) is 0 Å². The Kier molecular flexibility index (Phi) is 8.34. The molecule has 4 heterocycles. The molecule has 1 aromatic heterocycles.